The van der Waals surface area contributed by atoms with E-state index in [0.717, 1.165) is 51.0 Å². The lowest BCUT2D eigenvalue weighted by Crippen LogP contribution is -2.08. The molecule has 8 nitrogen and oxygen atoms in total. The molecule has 9 heteroatoms. The molecule has 4 aromatic carbocycles. The van der Waals surface area contributed by atoms with Crippen LogP contribution < -0.4 is 9.74 Å². The number of nitrogens with one attached hydrogen (secondary N) is 1. The summed E-state index contributed by atoms with van der Waals surface area (Å²) in [6.45, 7) is 8.10. The summed E-state index contributed by atoms with van der Waals surface area (Å²) in [6, 6.07) is 31.9. The molecule has 0 aliphatic heterocycles. The number of aromatic amines is 1. The van der Waals surface area contributed by atoms with Gasteiger partial charge in [0, 0.05) is 22.3 Å². The van der Waals surface area contributed by atoms with Crippen LogP contribution in [0, 0.1) is 27.7 Å². The van der Waals surface area contributed by atoms with Gasteiger partial charge in [-0.1, -0.05) is 119 Å². The summed E-state index contributed by atoms with van der Waals surface area (Å²) < 4.78 is 27.7. The number of H-pyrrole nitrogens is 1. The van der Waals surface area contributed by atoms with Crippen LogP contribution in [0.25, 0.3) is 45.0 Å². The first-order valence-corrected chi connectivity index (χ1v) is 16.4. The van der Waals surface area contributed by atoms with Crippen molar-refractivity contribution < 1.29 is 12.6 Å². The molecule has 6 rings (SSSR count). The fourth-order valence-corrected chi connectivity index (χ4v) is 5.06. The standard InChI is InChI=1S/C19H18N2O3S.C18H16N2O/c1-13-4-8-15(9-5-13)18-19(16-10-6-14(2)7-11-16)21-17(12-20-18)24-25(3,22)23;1-12-3-7-14(8-4-12)17-18(20-16(21)11-19-17)15-9-5-13(2)6-10-15/h4-12H,1-3H3;3-11H,1-2H3,(H,20,21). The third-order valence-corrected chi connectivity index (χ3v) is 7.57. The number of hydrogen-bond donors (Lipinski definition) is 1. The zero-order chi connectivity index (χ0) is 32.8. The van der Waals surface area contributed by atoms with Gasteiger partial charge in [-0.15, -0.1) is 0 Å². The summed E-state index contributed by atoms with van der Waals surface area (Å²) in [5.41, 5.74) is 10.9. The van der Waals surface area contributed by atoms with E-state index in [1.165, 1.54) is 23.5 Å². The summed E-state index contributed by atoms with van der Waals surface area (Å²) >= 11 is 0. The molecule has 0 amide bonds. The number of benzene rings is 4. The number of aromatic nitrogens is 4. The van der Waals surface area contributed by atoms with Crippen molar-refractivity contribution in [3.05, 3.63) is 142 Å². The lowest BCUT2D eigenvalue weighted by molar-refractivity contribution is 0.481. The van der Waals surface area contributed by atoms with E-state index in [0.29, 0.717) is 11.4 Å². The molecule has 0 unspecified atom stereocenters. The molecule has 2 aromatic heterocycles. The van der Waals surface area contributed by atoms with Crippen LogP contribution in [0.1, 0.15) is 22.3 Å². The molecule has 0 fully saturated rings. The minimum atomic E-state index is -3.67. The van der Waals surface area contributed by atoms with Crippen LogP contribution in [0.4, 0.5) is 0 Å². The second kappa shape index (κ2) is 13.7. The monoisotopic (exact) mass is 630 g/mol. The molecular weight excluding hydrogens is 596 g/mol. The molecule has 0 atom stereocenters. The van der Waals surface area contributed by atoms with Crippen molar-refractivity contribution >= 4 is 10.1 Å². The van der Waals surface area contributed by atoms with Gasteiger partial charge in [-0.2, -0.15) is 8.42 Å². The predicted octanol–water partition coefficient (Wildman–Crippen LogP) is 7.49. The Hall–Kier alpha value is -5.41. The highest BCUT2D eigenvalue weighted by molar-refractivity contribution is 7.86. The first-order valence-electron chi connectivity index (χ1n) is 14.6. The van der Waals surface area contributed by atoms with E-state index in [1.807, 2.05) is 125 Å². The van der Waals surface area contributed by atoms with E-state index < -0.39 is 10.1 Å². The van der Waals surface area contributed by atoms with Crippen LogP contribution >= 0.6 is 0 Å². The minimum absolute atomic E-state index is 0.0473. The Morgan fingerprint density at radius 3 is 1.39 bits per heavy atom. The molecule has 6 aromatic rings. The topological polar surface area (TPSA) is 115 Å². The van der Waals surface area contributed by atoms with Gasteiger partial charge in [0.05, 0.1) is 35.7 Å². The van der Waals surface area contributed by atoms with E-state index in [9.17, 15) is 13.2 Å². The molecule has 0 spiro atoms. The van der Waals surface area contributed by atoms with Crippen LogP contribution in [-0.4, -0.2) is 34.6 Å². The van der Waals surface area contributed by atoms with Gasteiger partial charge in [0.15, 0.2) is 0 Å². The molecule has 1 N–H and O–H groups in total. The Labute approximate surface area is 269 Å². The van der Waals surface area contributed by atoms with Crippen LogP contribution in [0.5, 0.6) is 5.88 Å². The van der Waals surface area contributed by atoms with Gasteiger partial charge in [-0.25, -0.2) is 15.0 Å². The molecule has 46 heavy (non-hydrogen) atoms. The Morgan fingerprint density at radius 2 is 0.935 bits per heavy atom. The summed E-state index contributed by atoms with van der Waals surface area (Å²) in [7, 11) is -3.67. The van der Waals surface area contributed by atoms with Gasteiger partial charge in [-0.3, -0.25) is 4.79 Å². The fraction of sp³-hybridized carbons (Fsp3) is 0.135. The summed E-state index contributed by atoms with van der Waals surface area (Å²) in [6.07, 6.45) is 3.63. The second-order valence-electron chi connectivity index (χ2n) is 11.1. The van der Waals surface area contributed by atoms with Crippen LogP contribution in [0.15, 0.2) is 114 Å². The largest absolute Gasteiger partial charge is 0.360 e. The molecule has 0 aliphatic carbocycles. The Bertz CT molecular complexity index is 2120. The van der Waals surface area contributed by atoms with Crippen molar-refractivity contribution in [3.8, 4) is 50.9 Å². The van der Waals surface area contributed by atoms with Crippen LogP contribution in [-0.2, 0) is 10.1 Å². The number of aryl methyl sites for hydroxylation is 4. The van der Waals surface area contributed by atoms with E-state index >= 15 is 0 Å². The SMILES string of the molecule is Cc1ccc(-c2ncc(=O)[nH]c2-c2ccc(C)cc2)cc1.Cc1ccc(-c2ncc(OS(C)(=O)=O)nc2-c2ccc(C)cc2)cc1. The van der Waals surface area contributed by atoms with Gasteiger partial charge in [-0.05, 0) is 27.7 Å². The van der Waals surface area contributed by atoms with Crippen molar-refractivity contribution in [2.75, 3.05) is 6.26 Å². The van der Waals surface area contributed by atoms with Crippen molar-refractivity contribution in [3.63, 3.8) is 0 Å². The summed E-state index contributed by atoms with van der Waals surface area (Å²) in [5, 5.41) is 0. The zero-order valence-electron chi connectivity index (χ0n) is 26.3. The first kappa shape index (κ1) is 32.0. The Kier molecular flexibility index (Phi) is 9.53. The average Bonchev–Trinajstić information content (AvgIpc) is 3.02. The molecule has 0 saturated heterocycles. The van der Waals surface area contributed by atoms with Crippen LogP contribution in [0.2, 0.25) is 0 Å². The van der Waals surface area contributed by atoms with Gasteiger partial charge >= 0.3 is 10.1 Å². The minimum Gasteiger partial charge on any atom is -0.360 e. The Morgan fingerprint density at radius 1 is 0.543 bits per heavy atom. The highest BCUT2D eigenvalue weighted by Gasteiger charge is 2.15. The maximum Gasteiger partial charge on any atom is 0.307 e. The van der Waals surface area contributed by atoms with E-state index in [1.54, 1.807) is 0 Å². The van der Waals surface area contributed by atoms with Gasteiger partial charge < -0.3 is 9.17 Å². The van der Waals surface area contributed by atoms with Gasteiger partial charge in [0.25, 0.3) is 11.4 Å². The van der Waals surface area contributed by atoms with Gasteiger partial charge in [0.2, 0.25) is 0 Å². The average molecular weight is 631 g/mol. The number of rotatable bonds is 6. The second-order valence-corrected chi connectivity index (χ2v) is 12.7. The van der Waals surface area contributed by atoms with E-state index in [2.05, 4.69) is 19.9 Å². The number of hydrogen-bond acceptors (Lipinski definition) is 7. The molecule has 0 radical (unpaired) electrons. The molecule has 2 heterocycles. The van der Waals surface area contributed by atoms with Crippen LogP contribution in [0.3, 0.4) is 0 Å². The zero-order valence-corrected chi connectivity index (χ0v) is 27.1. The lowest BCUT2D eigenvalue weighted by Gasteiger charge is -2.11. The first-order chi connectivity index (χ1) is 21.9. The molecule has 0 bridgehead atoms. The maximum absolute atomic E-state index is 11.7. The van der Waals surface area contributed by atoms with Crippen molar-refractivity contribution in [1.29, 1.82) is 0 Å². The third-order valence-electron chi connectivity index (χ3n) is 7.10. The van der Waals surface area contributed by atoms with Gasteiger partial charge in [0.1, 0.15) is 5.69 Å². The quantitative estimate of drug-likeness (QED) is 0.190. The highest BCUT2D eigenvalue weighted by atomic mass is 32.2. The fourth-order valence-electron chi connectivity index (χ4n) is 4.67. The van der Waals surface area contributed by atoms with Crippen molar-refractivity contribution in [2.45, 2.75) is 27.7 Å². The molecular formula is C37H34N4O4S. The van der Waals surface area contributed by atoms with Crippen molar-refractivity contribution in [2.24, 2.45) is 0 Å². The Balaban J connectivity index is 0.000000184. The molecule has 0 aliphatic rings. The van der Waals surface area contributed by atoms with Crippen molar-refractivity contribution in [1.82, 2.24) is 19.9 Å². The molecule has 232 valence electrons. The van der Waals surface area contributed by atoms with E-state index in [4.69, 9.17) is 4.18 Å². The highest BCUT2D eigenvalue weighted by Crippen LogP contribution is 2.31. The smallest absolute Gasteiger partial charge is 0.307 e. The predicted molar refractivity (Wildman–Crippen MR) is 183 cm³/mol. The van der Waals surface area contributed by atoms with E-state index in [-0.39, 0.29) is 11.4 Å². The molecule has 0 saturated carbocycles. The summed E-state index contributed by atoms with van der Waals surface area (Å²) in [4.78, 5) is 27.7. The summed E-state index contributed by atoms with van der Waals surface area (Å²) in [5.74, 6) is -0.0473. The number of nitrogens with zero attached hydrogens (tertiary/aromatic N) is 3. The maximum atomic E-state index is 11.7. The third kappa shape index (κ3) is 8.19. The lowest BCUT2D eigenvalue weighted by atomic mass is 10.0. The normalized spacial score (nSPS) is 11.0.